The van der Waals surface area contributed by atoms with Crippen LogP contribution in [0, 0.1) is 6.92 Å². The molecule has 2 nitrogen and oxygen atoms in total. The molecule has 0 spiro atoms. The molecule has 1 heterocycles. The Morgan fingerprint density at radius 1 is 0.864 bits per heavy atom. The van der Waals surface area contributed by atoms with Gasteiger partial charge in [-0.15, -0.1) is 0 Å². The molecule has 0 aliphatic carbocycles. The van der Waals surface area contributed by atoms with Gasteiger partial charge in [-0.05, 0) is 42.3 Å². The summed E-state index contributed by atoms with van der Waals surface area (Å²) < 4.78 is 5.34. The number of aryl methyl sites for hydroxylation is 1. The predicted octanol–water partition coefficient (Wildman–Crippen LogP) is 5.31. The Morgan fingerprint density at radius 3 is 2.45 bits per heavy atom. The molecule has 108 valence electrons. The number of hydrogen-bond acceptors (Lipinski definition) is 1. The van der Waals surface area contributed by atoms with Gasteiger partial charge in [-0.1, -0.05) is 30.3 Å². The number of aromatic amines is 1. The van der Waals surface area contributed by atoms with E-state index in [2.05, 4.69) is 60.4 Å². The highest BCUT2D eigenvalue weighted by atomic mass is 16.5. The average molecular weight is 287 g/mol. The second kappa shape index (κ2) is 4.92. The molecule has 0 saturated heterocycles. The van der Waals surface area contributed by atoms with Crippen molar-refractivity contribution in [1.29, 1.82) is 0 Å². The number of fused-ring (bicyclic) bond motifs is 3. The van der Waals surface area contributed by atoms with Crippen molar-refractivity contribution < 1.29 is 4.74 Å². The molecule has 4 rings (SSSR count). The molecule has 0 fully saturated rings. The minimum atomic E-state index is 0.872. The van der Waals surface area contributed by atoms with Gasteiger partial charge in [0, 0.05) is 22.4 Å². The third-order valence-corrected chi connectivity index (χ3v) is 4.14. The van der Waals surface area contributed by atoms with Crippen LogP contribution < -0.4 is 4.74 Å². The van der Waals surface area contributed by atoms with E-state index in [0.717, 1.165) is 11.3 Å². The molecule has 2 heteroatoms. The molecule has 1 N–H and O–H groups in total. The highest BCUT2D eigenvalue weighted by Crippen LogP contribution is 2.35. The van der Waals surface area contributed by atoms with Gasteiger partial charge in [0.2, 0.25) is 0 Å². The van der Waals surface area contributed by atoms with E-state index in [4.69, 9.17) is 4.74 Å². The van der Waals surface area contributed by atoms with Crippen LogP contribution in [-0.4, -0.2) is 12.1 Å². The van der Waals surface area contributed by atoms with Crippen LogP contribution in [0.2, 0.25) is 0 Å². The van der Waals surface area contributed by atoms with Gasteiger partial charge in [0.1, 0.15) is 5.75 Å². The van der Waals surface area contributed by atoms with Crippen LogP contribution in [0.15, 0.2) is 60.7 Å². The van der Waals surface area contributed by atoms with Crippen molar-refractivity contribution >= 4 is 21.8 Å². The molecule has 0 atom stereocenters. The van der Waals surface area contributed by atoms with Gasteiger partial charge in [-0.25, -0.2) is 0 Å². The summed E-state index contributed by atoms with van der Waals surface area (Å²) in [5, 5.41) is 2.49. The van der Waals surface area contributed by atoms with Crippen molar-refractivity contribution in [2.45, 2.75) is 6.92 Å². The topological polar surface area (TPSA) is 25.0 Å². The summed E-state index contributed by atoms with van der Waals surface area (Å²) in [5.74, 6) is 0.872. The molecule has 0 unspecified atom stereocenters. The summed E-state index contributed by atoms with van der Waals surface area (Å²) in [6.45, 7) is 2.15. The lowest BCUT2D eigenvalue weighted by Gasteiger charge is -2.05. The summed E-state index contributed by atoms with van der Waals surface area (Å²) in [7, 11) is 1.70. The lowest BCUT2D eigenvalue weighted by Crippen LogP contribution is -1.82. The Labute approximate surface area is 129 Å². The van der Waals surface area contributed by atoms with Crippen LogP contribution in [0.4, 0.5) is 0 Å². The van der Waals surface area contributed by atoms with Crippen LogP contribution in [0.25, 0.3) is 32.9 Å². The van der Waals surface area contributed by atoms with Crippen molar-refractivity contribution in [1.82, 2.24) is 4.98 Å². The van der Waals surface area contributed by atoms with E-state index in [1.54, 1.807) is 7.11 Å². The van der Waals surface area contributed by atoms with Crippen LogP contribution >= 0.6 is 0 Å². The highest BCUT2D eigenvalue weighted by molar-refractivity contribution is 6.12. The summed E-state index contributed by atoms with van der Waals surface area (Å²) >= 11 is 0. The van der Waals surface area contributed by atoms with Crippen molar-refractivity contribution in [3.8, 4) is 16.9 Å². The fraction of sp³-hybridized carbons (Fsp3) is 0.100. The molecule has 0 bridgehead atoms. The van der Waals surface area contributed by atoms with E-state index < -0.39 is 0 Å². The Kier molecular flexibility index (Phi) is 2.90. The average Bonchev–Trinajstić information content (AvgIpc) is 2.92. The van der Waals surface area contributed by atoms with Crippen molar-refractivity contribution in [3.63, 3.8) is 0 Å². The molecular formula is C20H17NO. The minimum Gasteiger partial charge on any atom is -0.497 e. The smallest absolute Gasteiger partial charge is 0.120 e. The number of aromatic nitrogens is 1. The molecular weight excluding hydrogens is 270 g/mol. The van der Waals surface area contributed by atoms with Gasteiger partial charge in [0.25, 0.3) is 0 Å². The second-order valence-corrected chi connectivity index (χ2v) is 5.64. The van der Waals surface area contributed by atoms with E-state index in [-0.39, 0.29) is 0 Å². The maximum Gasteiger partial charge on any atom is 0.120 e. The zero-order valence-corrected chi connectivity index (χ0v) is 12.7. The number of ether oxygens (including phenoxy) is 1. The monoisotopic (exact) mass is 287 g/mol. The van der Waals surface area contributed by atoms with Gasteiger partial charge in [-0.2, -0.15) is 0 Å². The first-order valence-electron chi connectivity index (χ1n) is 7.42. The maximum absolute atomic E-state index is 5.34. The van der Waals surface area contributed by atoms with Gasteiger partial charge in [0.05, 0.1) is 18.1 Å². The lowest BCUT2D eigenvalue weighted by molar-refractivity contribution is 0.415. The van der Waals surface area contributed by atoms with Crippen molar-refractivity contribution in [2.75, 3.05) is 7.11 Å². The molecule has 4 aromatic rings. The zero-order chi connectivity index (χ0) is 15.1. The van der Waals surface area contributed by atoms with Gasteiger partial charge < -0.3 is 9.72 Å². The quantitative estimate of drug-likeness (QED) is 0.531. The molecule has 22 heavy (non-hydrogen) atoms. The molecule has 0 aliphatic rings. The lowest BCUT2D eigenvalue weighted by atomic mass is 9.99. The van der Waals surface area contributed by atoms with Gasteiger partial charge in [0.15, 0.2) is 0 Å². The van der Waals surface area contributed by atoms with Crippen molar-refractivity contribution in [2.24, 2.45) is 0 Å². The van der Waals surface area contributed by atoms with Crippen LogP contribution in [-0.2, 0) is 0 Å². The highest BCUT2D eigenvalue weighted by Gasteiger charge is 2.11. The minimum absolute atomic E-state index is 0.872. The molecule has 3 aromatic carbocycles. The Morgan fingerprint density at radius 2 is 1.68 bits per heavy atom. The number of benzene rings is 3. The van der Waals surface area contributed by atoms with E-state index >= 15 is 0 Å². The third kappa shape index (κ3) is 1.96. The first-order chi connectivity index (χ1) is 10.8. The number of rotatable bonds is 2. The predicted molar refractivity (Wildman–Crippen MR) is 92.5 cm³/mol. The van der Waals surface area contributed by atoms with Crippen LogP contribution in [0.3, 0.4) is 0 Å². The van der Waals surface area contributed by atoms with Crippen LogP contribution in [0.5, 0.6) is 5.75 Å². The first-order valence-corrected chi connectivity index (χ1v) is 7.42. The van der Waals surface area contributed by atoms with E-state index in [1.165, 1.54) is 33.0 Å². The van der Waals surface area contributed by atoms with E-state index in [0.29, 0.717) is 0 Å². The largest absolute Gasteiger partial charge is 0.497 e. The van der Waals surface area contributed by atoms with E-state index in [1.807, 2.05) is 12.1 Å². The summed E-state index contributed by atoms with van der Waals surface area (Å²) in [6.07, 6.45) is 0. The number of methoxy groups -OCH3 is 1. The molecule has 0 aliphatic heterocycles. The van der Waals surface area contributed by atoms with Gasteiger partial charge >= 0.3 is 0 Å². The van der Waals surface area contributed by atoms with Crippen molar-refractivity contribution in [3.05, 3.63) is 66.2 Å². The molecule has 1 aromatic heterocycles. The summed E-state index contributed by atoms with van der Waals surface area (Å²) in [6, 6.07) is 21.2. The second-order valence-electron chi connectivity index (χ2n) is 5.64. The third-order valence-electron chi connectivity index (χ3n) is 4.14. The van der Waals surface area contributed by atoms with Gasteiger partial charge in [-0.3, -0.25) is 0 Å². The molecule has 0 radical (unpaired) electrons. The zero-order valence-electron chi connectivity index (χ0n) is 12.7. The standard InChI is InChI=1S/C20H17NO/c1-13-10-17(14-6-4-3-5-7-14)20-18(11-13)16-9-8-15(22-2)12-19(16)21-20/h3-12,21H,1-2H3. The van der Waals surface area contributed by atoms with E-state index in [9.17, 15) is 0 Å². The Hall–Kier alpha value is -2.74. The maximum atomic E-state index is 5.34. The fourth-order valence-corrected chi connectivity index (χ4v) is 3.10. The molecule has 0 amide bonds. The Bertz CT molecular complexity index is 967. The molecule has 0 saturated carbocycles. The SMILES string of the molecule is COc1ccc2c(c1)[nH]c1c(-c3ccccc3)cc(C)cc12. The number of hydrogen-bond donors (Lipinski definition) is 1. The number of H-pyrrole nitrogens is 1. The Balaban J connectivity index is 2.09. The summed E-state index contributed by atoms with van der Waals surface area (Å²) in [4.78, 5) is 3.57. The fourth-order valence-electron chi connectivity index (χ4n) is 3.10. The van der Waals surface area contributed by atoms with Crippen LogP contribution in [0.1, 0.15) is 5.56 Å². The normalized spacial score (nSPS) is 11.2. The first kappa shape index (κ1) is 13.0. The number of nitrogens with one attached hydrogen (secondary N) is 1. The summed E-state index contributed by atoms with van der Waals surface area (Å²) in [5.41, 5.74) is 6.03.